The first-order chi connectivity index (χ1) is 6.32. The van der Waals surface area contributed by atoms with Gasteiger partial charge in [-0.05, 0) is 12.3 Å². The zero-order valence-corrected chi connectivity index (χ0v) is 7.83. The summed E-state index contributed by atoms with van der Waals surface area (Å²) in [5, 5.41) is 3.81. The molecule has 0 amide bonds. The number of hydrogen-bond acceptors (Lipinski definition) is 1. The average molecular weight is 208 g/mol. The van der Waals surface area contributed by atoms with Crippen LogP contribution < -0.4 is 5.56 Å². The van der Waals surface area contributed by atoms with Crippen molar-refractivity contribution in [1.29, 1.82) is 0 Å². The van der Waals surface area contributed by atoms with Crippen molar-refractivity contribution in [3.05, 3.63) is 21.6 Å². The van der Waals surface area contributed by atoms with Gasteiger partial charge < -0.3 is 0 Å². The Kier molecular flexibility index (Phi) is 2.73. The van der Waals surface area contributed by atoms with Gasteiger partial charge in [-0.25, -0.2) is 0 Å². The Morgan fingerprint density at radius 1 is 1.29 bits per heavy atom. The molecule has 1 heterocycles. The molecular formula is C8H11F3N2O. The van der Waals surface area contributed by atoms with Crippen molar-refractivity contribution in [2.75, 3.05) is 0 Å². The van der Waals surface area contributed by atoms with E-state index in [1.54, 1.807) is 13.8 Å². The fourth-order valence-corrected chi connectivity index (χ4v) is 1.23. The van der Waals surface area contributed by atoms with Crippen molar-refractivity contribution < 1.29 is 13.2 Å². The number of halogens is 3. The molecule has 0 spiro atoms. The summed E-state index contributed by atoms with van der Waals surface area (Å²) in [4.78, 5) is 11.0. The van der Waals surface area contributed by atoms with Gasteiger partial charge in [-0.15, -0.1) is 0 Å². The molecule has 3 nitrogen and oxygen atoms in total. The highest BCUT2D eigenvalue weighted by molar-refractivity contribution is 5.19. The highest BCUT2D eigenvalue weighted by Gasteiger charge is 2.36. The monoisotopic (exact) mass is 208 g/mol. The molecule has 0 aromatic carbocycles. The molecule has 0 atom stereocenters. The lowest BCUT2D eigenvalue weighted by molar-refractivity contribution is -0.141. The molecule has 0 fully saturated rings. The van der Waals surface area contributed by atoms with E-state index in [2.05, 4.69) is 0 Å². The maximum atomic E-state index is 12.3. The third-order valence-corrected chi connectivity index (χ3v) is 1.77. The van der Waals surface area contributed by atoms with Crippen LogP contribution in [0.4, 0.5) is 13.2 Å². The van der Waals surface area contributed by atoms with Crippen LogP contribution in [-0.4, -0.2) is 10.2 Å². The van der Waals surface area contributed by atoms with Crippen LogP contribution in [0.2, 0.25) is 0 Å². The number of rotatable bonds is 2. The number of nitrogens with one attached hydrogen (secondary N) is 2. The number of alkyl halides is 3. The van der Waals surface area contributed by atoms with Gasteiger partial charge in [-0.3, -0.25) is 15.0 Å². The van der Waals surface area contributed by atoms with E-state index < -0.39 is 17.4 Å². The van der Waals surface area contributed by atoms with Crippen molar-refractivity contribution >= 4 is 0 Å². The molecule has 14 heavy (non-hydrogen) atoms. The fourth-order valence-electron chi connectivity index (χ4n) is 1.23. The third kappa shape index (κ3) is 2.18. The maximum Gasteiger partial charge on any atom is 0.433 e. The minimum atomic E-state index is -4.50. The molecular weight excluding hydrogens is 197 g/mol. The number of aromatic nitrogens is 2. The maximum absolute atomic E-state index is 12.3. The molecule has 0 bridgehead atoms. The van der Waals surface area contributed by atoms with E-state index in [0.717, 1.165) is 0 Å². The summed E-state index contributed by atoms with van der Waals surface area (Å²) in [5.74, 6) is 0.00741. The third-order valence-electron chi connectivity index (χ3n) is 1.77. The zero-order chi connectivity index (χ0) is 10.9. The number of H-pyrrole nitrogens is 2. The first-order valence-corrected chi connectivity index (χ1v) is 4.19. The van der Waals surface area contributed by atoms with Gasteiger partial charge >= 0.3 is 6.18 Å². The average Bonchev–Trinajstić information content (AvgIpc) is 2.30. The quantitative estimate of drug-likeness (QED) is 0.766. The SMILES string of the molecule is CC(C)Cc1c(C(F)(F)F)[nH][nH]c1=O. The molecule has 0 unspecified atom stereocenters. The Bertz CT molecular complexity index is 361. The van der Waals surface area contributed by atoms with E-state index in [9.17, 15) is 18.0 Å². The Hall–Kier alpha value is -1.20. The van der Waals surface area contributed by atoms with E-state index in [4.69, 9.17) is 0 Å². The normalized spacial score (nSPS) is 12.4. The van der Waals surface area contributed by atoms with Crippen LogP contribution in [0.5, 0.6) is 0 Å². The minimum Gasteiger partial charge on any atom is -0.293 e. The molecule has 6 heteroatoms. The Morgan fingerprint density at radius 3 is 2.29 bits per heavy atom. The number of aromatic amines is 2. The molecule has 0 saturated heterocycles. The molecule has 1 rings (SSSR count). The van der Waals surface area contributed by atoms with Crippen LogP contribution in [0, 0.1) is 5.92 Å². The lowest BCUT2D eigenvalue weighted by Gasteiger charge is -2.07. The van der Waals surface area contributed by atoms with E-state index in [1.807, 2.05) is 10.2 Å². The molecule has 0 saturated carbocycles. The van der Waals surface area contributed by atoms with Crippen molar-refractivity contribution in [1.82, 2.24) is 10.2 Å². The van der Waals surface area contributed by atoms with Crippen molar-refractivity contribution in [2.24, 2.45) is 5.92 Å². The number of hydrogen-bond donors (Lipinski definition) is 2. The lowest BCUT2D eigenvalue weighted by atomic mass is 10.0. The predicted octanol–water partition coefficient (Wildman–Crippen LogP) is 1.92. The van der Waals surface area contributed by atoms with Gasteiger partial charge in [0.1, 0.15) is 5.69 Å². The van der Waals surface area contributed by atoms with Gasteiger partial charge in [0.05, 0.1) is 0 Å². The fraction of sp³-hybridized carbons (Fsp3) is 0.625. The van der Waals surface area contributed by atoms with Crippen LogP contribution in [0.25, 0.3) is 0 Å². The second kappa shape index (κ2) is 3.51. The van der Waals surface area contributed by atoms with Crippen LogP contribution in [-0.2, 0) is 12.6 Å². The minimum absolute atomic E-state index is 0.00741. The van der Waals surface area contributed by atoms with Crippen LogP contribution in [0.1, 0.15) is 25.1 Å². The largest absolute Gasteiger partial charge is 0.433 e. The van der Waals surface area contributed by atoms with Crippen LogP contribution in [0.15, 0.2) is 4.79 Å². The molecule has 1 aromatic heterocycles. The van der Waals surface area contributed by atoms with E-state index >= 15 is 0 Å². The summed E-state index contributed by atoms with van der Waals surface area (Å²) >= 11 is 0. The van der Waals surface area contributed by atoms with Gasteiger partial charge in [-0.2, -0.15) is 13.2 Å². The van der Waals surface area contributed by atoms with E-state index in [-0.39, 0.29) is 17.9 Å². The van der Waals surface area contributed by atoms with Crippen LogP contribution >= 0.6 is 0 Å². The zero-order valence-electron chi connectivity index (χ0n) is 7.83. The summed E-state index contributed by atoms with van der Waals surface area (Å²) in [6.07, 6.45) is -4.38. The van der Waals surface area contributed by atoms with Gasteiger partial charge in [-0.1, -0.05) is 13.8 Å². The van der Waals surface area contributed by atoms with Gasteiger partial charge in [0, 0.05) is 5.56 Å². The Morgan fingerprint density at radius 2 is 1.86 bits per heavy atom. The van der Waals surface area contributed by atoms with Gasteiger partial charge in [0.25, 0.3) is 5.56 Å². The Balaban J connectivity index is 3.13. The summed E-state index contributed by atoms with van der Waals surface area (Å²) in [5.41, 5.74) is -1.87. The van der Waals surface area contributed by atoms with Crippen molar-refractivity contribution in [3.8, 4) is 0 Å². The highest BCUT2D eigenvalue weighted by atomic mass is 19.4. The molecule has 0 aliphatic heterocycles. The summed E-state index contributed by atoms with van der Waals surface area (Å²) in [7, 11) is 0. The molecule has 80 valence electrons. The second-order valence-corrected chi connectivity index (χ2v) is 3.53. The lowest BCUT2D eigenvalue weighted by Crippen LogP contribution is -2.15. The van der Waals surface area contributed by atoms with Gasteiger partial charge in [0.15, 0.2) is 0 Å². The smallest absolute Gasteiger partial charge is 0.293 e. The summed E-state index contributed by atoms with van der Waals surface area (Å²) in [6.45, 7) is 3.51. The second-order valence-electron chi connectivity index (χ2n) is 3.53. The molecule has 2 N–H and O–H groups in total. The summed E-state index contributed by atoms with van der Waals surface area (Å²) in [6, 6.07) is 0. The summed E-state index contributed by atoms with van der Waals surface area (Å²) < 4.78 is 37.0. The standard InChI is InChI=1S/C8H11F3N2O/c1-4(2)3-5-6(8(9,10)11)12-13-7(5)14/h4H,3H2,1-2H3,(H2,12,13,14). The van der Waals surface area contributed by atoms with Gasteiger partial charge in [0.2, 0.25) is 0 Å². The highest BCUT2D eigenvalue weighted by Crippen LogP contribution is 2.29. The predicted molar refractivity (Wildman–Crippen MR) is 45.0 cm³/mol. The van der Waals surface area contributed by atoms with Crippen LogP contribution in [0.3, 0.4) is 0 Å². The van der Waals surface area contributed by atoms with E-state index in [1.165, 1.54) is 0 Å². The van der Waals surface area contributed by atoms with Crippen molar-refractivity contribution in [3.63, 3.8) is 0 Å². The Labute approximate surface area is 78.3 Å². The first kappa shape index (κ1) is 10.9. The van der Waals surface area contributed by atoms with Crippen molar-refractivity contribution in [2.45, 2.75) is 26.4 Å². The molecule has 0 radical (unpaired) electrons. The molecule has 0 aliphatic rings. The molecule has 1 aromatic rings. The topological polar surface area (TPSA) is 48.6 Å². The first-order valence-electron chi connectivity index (χ1n) is 4.19. The van der Waals surface area contributed by atoms with E-state index in [0.29, 0.717) is 0 Å². The molecule has 0 aliphatic carbocycles.